The molecule has 0 aliphatic carbocycles. The molecule has 142 valence electrons. The van der Waals surface area contributed by atoms with Crippen LogP contribution >= 0.6 is 0 Å². The zero-order chi connectivity index (χ0) is 19.5. The lowest BCUT2D eigenvalue weighted by Crippen LogP contribution is -2.51. The summed E-state index contributed by atoms with van der Waals surface area (Å²) in [6, 6.07) is 4.95. The molecule has 0 spiro atoms. The Labute approximate surface area is 149 Å². The van der Waals surface area contributed by atoms with Gasteiger partial charge in [-0.3, -0.25) is 4.79 Å². The van der Waals surface area contributed by atoms with Crippen LogP contribution in [0.5, 0.6) is 0 Å². The quantitative estimate of drug-likeness (QED) is 0.745. The summed E-state index contributed by atoms with van der Waals surface area (Å²) in [5.74, 6) is -0.233. The van der Waals surface area contributed by atoms with Crippen LogP contribution in [0.15, 0.2) is 24.3 Å². The number of amides is 1. The highest BCUT2D eigenvalue weighted by atomic mass is 32.2. The molecule has 0 saturated carbocycles. The first kappa shape index (κ1) is 21.8. The highest BCUT2D eigenvalue weighted by molar-refractivity contribution is 7.90. The van der Waals surface area contributed by atoms with E-state index >= 15 is 0 Å². The molecule has 0 aliphatic rings. The second kappa shape index (κ2) is 7.97. The highest BCUT2D eigenvalue weighted by Gasteiger charge is 2.38. The van der Waals surface area contributed by atoms with Crippen molar-refractivity contribution in [1.29, 1.82) is 0 Å². The number of benzene rings is 1. The van der Waals surface area contributed by atoms with Crippen molar-refractivity contribution >= 4 is 17.3 Å². The van der Waals surface area contributed by atoms with Gasteiger partial charge in [-0.25, -0.2) is 0 Å². The van der Waals surface area contributed by atoms with Crippen LogP contribution in [0.25, 0.3) is 0 Å². The van der Waals surface area contributed by atoms with Crippen molar-refractivity contribution in [2.24, 2.45) is 0 Å². The number of hydrogen-bond donors (Lipinski definition) is 2. The third kappa shape index (κ3) is 6.52. The molecule has 4 nitrogen and oxygen atoms in total. The van der Waals surface area contributed by atoms with Crippen LogP contribution in [0.3, 0.4) is 0 Å². The Morgan fingerprint density at radius 1 is 1.16 bits per heavy atom. The number of rotatable bonds is 6. The zero-order valence-corrected chi connectivity index (χ0v) is 15.9. The van der Waals surface area contributed by atoms with E-state index in [2.05, 4.69) is 10.0 Å². The third-order valence-corrected chi connectivity index (χ3v) is 5.45. The Morgan fingerprint density at radius 3 is 2.20 bits per heavy atom. The summed E-state index contributed by atoms with van der Waals surface area (Å²) in [5, 5.41) is 2.63. The molecular weight excluding hydrogens is 353 g/mol. The molecule has 1 aromatic carbocycles. The predicted octanol–water partition coefficient (Wildman–Crippen LogP) is 3.50. The number of halogens is 3. The largest absolute Gasteiger partial charge is 0.598 e. The molecule has 1 aromatic rings. The van der Waals surface area contributed by atoms with Gasteiger partial charge in [-0.15, -0.1) is 4.72 Å². The molecule has 8 heteroatoms. The van der Waals surface area contributed by atoms with Gasteiger partial charge in [0.1, 0.15) is 4.75 Å². The van der Waals surface area contributed by atoms with Crippen molar-refractivity contribution in [3.8, 4) is 0 Å². The number of alkyl halides is 3. The van der Waals surface area contributed by atoms with Crippen LogP contribution in [0.2, 0.25) is 0 Å². The lowest BCUT2D eigenvalue weighted by atomic mass is 9.88. The third-order valence-electron chi connectivity index (χ3n) is 3.70. The number of carbonyl (C=O) groups excluding carboxylic acids is 1. The van der Waals surface area contributed by atoms with Crippen molar-refractivity contribution in [3.63, 3.8) is 0 Å². The van der Waals surface area contributed by atoms with Crippen LogP contribution in [0, 0.1) is 0 Å². The minimum absolute atomic E-state index is 0.233. The first-order valence-electron chi connectivity index (χ1n) is 7.87. The van der Waals surface area contributed by atoms with E-state index in [4.69, 9.17) is 0 Å². The Kier molecular flexibility index (Phi) is 6.95. The molecule has 1 rings (SSSR count). The average molecular weight is 378 g/mol. The van der Waals surface area contributed by atoms with Crippen molar-refractivity contribution < 1.29 is 22.5 Å². The van der Waals surface area contributed by atoms with Gasteiger partial charge >= 0.3 is 6.18 Å². The molecule has 0 fully saturated rings. The van der Waals surface area contributed by atoms with Gasteiger partial charge in [0.25, 0.3) is 0 Å². The fourth-order valence-corrected chi connectivity index (χ4v) is 3.07. The summed E-state index contributed by atoms with van der Waals surface area (Å²) >= 11 is -1.49. The molecule has 2 unspecified atom stereocenters. The van der Waals surface area contributed by atoms with Crippen LogP contribution in [-0.2, 0) is 27.9 Å². The first-order valence-corrected chi connectivity index (χ1v) is 9.02. The number of nitrogens with one attached hydrogen (secondary N) is 2. The van der Waals surface area contributed by atoms with Gasteiger partial charge in [0.15, 0.2) is 0 Å². The van der Waals surface area contributed by atoms with Gasteiger partial charge in [0.2, 0.25) is 5.91 Å². The SMILES string of the molecule is CC(=O)NCCC(C)(N[S+]([O-])C(C)(C)C)c1cccc(C(F)(F)F)c1. The van der Waals surface area contributed by atoms with E-state index < -0.39 is 33.4 Å². The fraction of sp³-hybridized carbons (Fsp3) is 0.588. The monoisotopic (exact) mass is 378 g/mol. The Morgan fingerprint density at radius 2 is 1.72 bits per heavy atom. The summed E-state index contributed by atoms with van der Waals surface area (Å²) in [6.07, 6.45) is -4.17. The lowest BCUT2D eigenvalue weighted by molar-refractivity contribution is -0.137. The lowest BCUT2D eigenvalue weighted by Gasteiger charge is -2.35. The summed E-state index contributed by atoms with van der Waals surface area (Å²) in [5.41, 5.74) is -1.40. The second-order valence-corrected chi connectivity index (χ2v) is 9.09. The van der Waals surface area contributed by atoms with E-state index in [-0.39, 0.29) is 18.9 Å². The van der Waals surface area contributed by atoms with E-state index in [0.717, 1.165) is 12.1 Å². The smallest absolute Gasteiger partial charge is 0.416 e. The van der Waals surface area contributed by atoms with Crippen molar-refractivity contribution in [2.45, 2.75) is 57.5 Å². The van der Waals surface area contributed by atoms with Crippen molar-refractivity contribution in [2.75, 3.05) is 6.54 Å². The van der Waals surface area contributed by atoms with E-state index in [9.17, 15) is 22.5 Å². The number of hydrogen-bond acceptors (Lipinski definition) is 3. The van der Waals surface area contributed by atoms with Gasteiger partial charge in [-0.05, 0) is 51.8 Å². The molecule has 0 radical (unpaired) electrons. The van der Waals surface area contributed by atoms with Crippen LogP contribution < -0.4 is 10.0 Å². The molecule has 1 amide bonds. The normalized spacial score (nSPS) is 16.2. The molecule has 2 atom stereocenters. The van der Waals surface area contributed by atoms with E-state index in [1.807, 2.05) is 0 Å². The summed E-state index contributed by atoms with van der Waals surface area (Å²) < 4.78 is 54.0. The average Bonchev–Trinajstić information content (AvgIpc) is 2.45. The van der Waals surface area contributed by atoms with Gasteiger partial charge < -0.3 is 9.87 Å². The summed E-state index contributed by atoms with van der Waals surface area (Å²) in [6.45, 7) is 8.62. The second-order valence-electron chi connectivity index (χ2n) is 7.13. The van der Waals surface area contributed by atoms with Gasteiger partial charge in [-0.1, -0.05) is 12.1 Å². The summed E-state index contributed by atoms with van der Waals surface area (Å²) in [4.78, 5) is 11.1. The van der Waals surface area contributed by atoms with E-state index in [0.29, 0.717) is 5.56 Å². The molecule has 0 aromatic heterocycles. The van der Waals surface area contributed by atoms with Crippen LogP contribution in [0.4, 0.5) is 13.2 Å². The molecule has 0 aliphatic heterocycles. The first-order chi connectivity index (χ1) is 11.3. The molecular formula is C17H25F3N2O2S. The Hall–Kier alpha value is -1.25. The van der Waals surface area contributed by atoms with E-state index in [1.165, 1.54) is 13.0 Å². The topological polar surface area (TPSA) is 64.2 Å². The highest BCUT2D eigenvalue weighted by Crippen LogP contribution is 2.34. The minimum atomic E-state index is -4.46. The zero-order valence-electron chi connectivity index (χ0n) is 15.1. The molecule has 25 heavy (non-hydrogen) atoms. The molecule has 0 heterocycles. The maximum atomic E-state index is 13.0. The maximum absolute atomic E-state index is 13.0. The fourth-order valence-electron chi connectivity index (χ4n) is 2.14. The minimum Gasteiger partial charge on any atom is -0.598 e. The number of carbonyl (C=O) groups is 1. The maximum Gasteiger partial charge on any atom is 0.416 e. The van der Waals surface area contributed by atoms with Crippen LogP contribution in [-0.4, -0.2) is 21.8 Å². The van der Waals surface area contributed by atoms with Gasteiger partial charge in [0, 0.05) is 24.8 Å². The predicted molar refractivity (Wildman–Crippen MR) is 93.1 cm³/mol. The van der Waals surface area contributed by atoms with Crippen molar-refractivity contribution in [3.05, 3.63) is 35.4 Å². The van der Waals surface area contributed by atoms with Crippen LogP contribution in [0.1, 0.15) is 52.2 Å². The summed E-state index contributed by atoms with van der Waals surface area (Å²) in [7, 11) is 0. The van der Waals surface area contributed by atoms with E-state index in [1.54, 1.807) is 33.8 Å². The van der Waals surface area contributed by atoms with Gasteiger partial charge in [-0.2, -0.15) is 13.2 Å². The standard InChI is InChI=1S/C17H25F3N2O2S/c1-12(23)21-10-9-16(5,22-25(24)15(2,3)4)13-7-6-8-14(11-13)17(18,19)20/h6-8,11,22H,9-10H2,1-5H3,(H,21,23). The Balaban J connectivity index is 3.19. The molecule has 2 N–H and O–H groups in total. The van der Waals surface area contributed by atoms with Gasteiger partial charge in [0.05, 0.1) is 11.1 Å². The van der Waals surface area contributed by atoms with Crippen molar-refractivity contribution in [1.82, 2.24) is 10.0 Å². The Bertz CT molecular complexity index is 602. The molecule has 0 bridgehead atoms. The molecule has 0 saturated heterocycles.